The first kappa shape index (κ1) is 14.3. The lowest BCUT2D eigenvalue weighted by molar-refractivity contribution is -0.213. The first-order valence-electron chi connectivity index (χ1n) is 5.81. The number of fused-ring (bicyclic) bond motifs is 1. The topological polar surface area (TPSA) is 87.8 Å². The van der Waals surface area contributed by atoms with Gasteiger partial charge in [-0.25, -0.2) is 5.14 Å². The summed E-state index contributed by atoms with van der Waals surface area (Å²) >= 11 is 0. The summed E-state index contributed by atoms with van der Waals surface area (Å²) < 4.78 is 37.8. The molecule has 0 radical (unpaired) electrons. The summed E-state index contributed by atoms with van der Waals surface area (Å²) in [6.07, 6.45) is -0.544. The van der Waals surface area contributed by atoms with E-state index in [0.717, 1.165) is 11.1 Å². The Balaban J connectivity index is 2.32. The van der Waals surface area contributed by atoms with Crippen LogP contribution < -0.4 is 9.88 Å². The Kier molecular flexibility index (Phi) is 3.57. The van der Waals surface area contributed by atoms with Gasteiger partial charge in [-0.1, -0.05) is 18.2 Å². The van der Waals surface area contributed by atoms with Gasteiger partial charge in [0.05, 0.1) is 6.61 Å². The van der Waals surface area contributed by atoms with Gasteiger partial charge >= 0.3 is 10.3 Å². The van der Waals surface area contributed by atoms with Gasteiger partial charge in [0, 0.05) is 19.4 Å². The van der Waals surface area contributed by atoms with Gasteiger partial charge < -0.3 is 9.47 Å². The Morgan fingerprint density at radius 1 is 1.42 bits per heavy atom. The lowest BCUT2D eigenvalue weighted by Gasteiger charge is -2.38. The summed E-state index contributed by atoms with van der Waals surface area (Å²) in [5, 5.41) is 4.83. The molecule has 6 nitrogen and oxygen atoms in total. The van der Waals surface area contributed by atoms with Crippen molar-refractivity contribution in [2.75, 3.05) is 6.61 Å². The molecule has 1 heterocycles. The van der Waals surface area contributed by atoms with Crippen LogP contribution in [-0.4, -0.2) is 20.8 Å². The minimum atomic E-state index is -3.99. The largest absolute Gasteiger partial charge is 0.462 e. The summed E-state index contributed by atoms with van der Waals surface area (Å²) in [6.45, 7) is 5.25. The Morgan fingerprint density at radius 3 is 2.74 bits per heavy atom. The molecule has 106 valence electrons. The summed E-state index contributed by atoms with van der Waals surface area (Å²) in [5.74, 6) is -0.160. The van der Waals surface area contributed by atoms with E-state index >= 15 is 0 Å². The lowest BCUT2D eigenvalue weighted by atomic mass is 10.0. The molecule has 2 rings (SSSR count). The van der Waals surface area contributed by atoms with Gasteiger partial charge in [-0.05, 0) is 12.5 Å². The number of hydrogen-bond acceptors (Lipinski definition) is 5. The number of benzene rings is 1. The summed E-state index contributed by atoms with van der Waals surface area (Å²) in [7, 11) is -3.99. The smallest absolute Gasteiger partial charge is 0.333 e. The molecule has 0 bridgehead atoms. The quantitative estimate of drug-likeness (QED) is 0.908. The molecule has 0 amide bonds. The summed E-state index contributed by atoms with van der Waals surface area (Å²) in [5.41, 5.74) is 1.71. The maximum Gasteiger partial charge on any atom is 0.333 e. The molecule has 1 unspecified atom stereocenters. The number of nitrogens with two attached hydrogens (primary N) is 1. The molecule has 19 heavy (non-hydrogen) atoms. The number of rotatable bonds is 3. The van der Waals surface area contributed by atoms with Gasteiger partial charge in [-0.15, -0.1) is 0 Å². The SMILES string of the molecule is Cc1cccc2c1OC(C)(C)OC2COS(N)(=O)=O. The molecular weight excluding hydrogens is 270 g/mol. The fourth-order valence-electron chi connectivity index (χ4n) is 2.02. The third-order valence-corrected chi connectivity index (χ3v) is 3.21. The Bertz CT molecular complexity index is 582. The zero-order valence-electron chi connectivity index (χ0n) is 11.0. The molecule has 2 N–H and O–H groups in total. The van der Waals surface area contributed by atoms with E-state index in [1.807, 2.05) is 25.1 Å². The standard InChI is InChI=1S/C12H17NO5S/c1-8-5-4-6-9-10(7-16-19(13,14)15)17-12(2,3)18-11(8)9/h4-6,10H,7H2,1-3H3,(H2,13,14,15). The fourth-order valence-corrected chi connectivity index (χ4v) is 2.34. The molecule has 0 fully saturated rings. The van der Waals surface area contributed by atoms with E-state index in [9.17, 15) is 8.42 Å². The third kappa shape index (κ3) is 3.44. The Hall–Kier alpha value is -1.15. The van der Waals surface area contributed by atoms with E-state index in [0.29, 0.717) is 5.75 Å². The van der Waals surface area contributed by atoms with Gasteiger partial charge in [-0.3, -0.25) is 4.18 Å². The van der Waals surface area contributed by atoms with Crippen molar-refractivity contribution < 1.29 is 22.1 Å². The summed E-state index contributed by atoms with van der Waals surface area (Å²) in [4.78, 5) is 0. The molecule has 0 aliphatic carbocycles. The van der Waals surface area contributed by atoms with Crippen LogP contribution in [0.4, 0.5) is 0 Å². The van der Waals surface area contributed by atoms with Gasteiger partial charge in [0.1, 0.15) is 11.9 Å². The second kappa shape index (κ2) is 4.75. The van der Waals surface area contributed by atoms with Crippen LogP contribution in [0.1, 0.15) is 31.1 Å². The molecule has 1 aliphatic rings. The monoisotopic (exact) mass is 287 g/mol. The maximum atomic E-state index is 10.9. The predicted octanol–water partition coefficient (Wildman–Crippen LogP) is 1.40. The van der Waals surface area contributed by atoms with E-state index in [1.165, 1.54) is 0 Å². The minimum Gasteiger partial charge on any atom is -0.462 e. The summed E-state index contributed by atoms with van der Waals surface area (Å²) in [6, 6.07) is 5.58. The van der Waals surface area contributed by atoms with Crippen LogP contribution in [0.2, 0.25) is 0 Å². The van der Waals surface area contributed by atoms with Crippen molar-refractivity contribution in [3.05, 3.63) is 29.3 Å². The van der Waals surface area contributed by atoms with Crippen LogP contribution in [0.25, 0.3) is 0 Å². The average molecular weight is 287 g/mol. The Labute approximate surface area is 112 Å². The van der Waals surface area contributed by atoms with Crippen molar-refractivity contribution in [3.63, 3.8) is 0 Å². The number of hydrogen-bond donors (Lipinski definition) is 1. The number of ether oxygens (including phenoxy) is 2. The Morgan fingerprint density at radius 2 is 2.11 bits per heavy atom. The fraction of sp³-hybridized carbons (Fsp3) is 0.500. The van der Waals surface area contributed by atoms with Gasteiger partial charge in [0.2, 0.25) is 5.79 Å². The molecule has 7 heteroatoms. The van der Waals surface area contributed by atoms with E-state index in [2.05, 4.69) is 4.18 Å². The average Bonchev–Trinajstić information content (AvgIpc) is 2.25. The van der Waals surface area contributed by atoms with Crippen LogP contribution in [0.3, 0.4) is 0 Å². The molecule has 0 aromatic heterocycles. The van der Waals surface area contributed by atoms with Crippen LogP contribution in [0, 0.1) is 6.92 Å². The van der Waals surface area contributed by atoms with Crippen LogP contribution >= 0.6 is 0 Å². The first-order valence-corrected chi connectivity index (χ1v) is 7.28. The highest BCUT2D eigenvalue weighted by Crippen LogP contribution is 2.40. The lowest BCUT2D eigenvalue weighted by Crippen LogP contribution is -2.39. The van der Waals surface area contributed by atoms with Gasteiger partial charge in [-0.2, -0.15) is 8.42 Å². The first-order chi connectivity index (χ1) is 8.68. The number of para-hydroxylation sites is 1. The molecule has 1 aliphatic heterocycles. The van der Waals surface area contributed by atoms with Crippen molar-refractivity contribution >= 4 is 10.3 Å². The predicted molar refractivity (Wildman–Crippen MR) is 68.8 cm³/mol. The van der Waals surface area contributed by atoms with E-state index in [4.69, 9.17) is 14.6 Å². The molecule has 0 spiro atoms. The van der Waals surface area contributed by atoms with Crippen molar-refractivity contribution in [3.8, 4) is 5.75 Å². The zero-order chi connectivity index (χ0) is 14.3. The van der Waals surface area contributed by atoms with E-state index in [1.54, 1.807) is 13.8 Å². The van der Waals surface area contributed by atoms with Crippen molar-refractivity contribution in [1.82, 2.24) is 0 Å². The van der Waals surface area contributed by atoms with Crippen LogP contribution in [0.15, 0.2) is 18.2 Å². The highest BCUT2D eigenvalue weighted by molar-refractivity contribution is 7.84. The highest BCUT2D eigenvalue weighted by Gasteiger charge is 2.35. The van der Waals surface area contributed by atoms with Gasteiger partial charge in [0.15, 0.2) is 0 Å². The van der Waals surface area contributed by atoms with E-state index < -0.39 is 22.2 Å². The van der Waals surface area contributed by atoms with Crippen molar-refractivity contribution in [2.24, 2.45) is 5.14 Å². The molecular formula is C12H17NO5S. The molecule has 1 aromatic rings. The van der Waals surface area contributed by atoms with Crippen LogP contribution in [-0.2, 0) is 19.2 Å². The second-order valence-corrected chi connectivity index (χ2v) is 6.10. The molecule has 1 atom stereocenters. The third-order valence-electron chi connectivity index (χ3n) is 2.75. The molecule has 1 aromatic carbocycles. The molecule has 0 saturated carbocycles. The second-order valence-electron chi connectivity index (χ2n) is 4.88. The van der Waals surface area contributed by atoms with Crippen molar-refractivity contribution in [2.45, 2.75) is 32.7 Å². The zero-order valence-corrected chi connectivity index (χ0v) is 11.9. The van der Waals surface area contributed by atoms with Crippen molar-refractivity contribution in [1.29, 1.82) is 0 Å². The minimum absolute atomic E-state index is 0.178. The highest BCUT2D eigenvalue weighted by atomic mass is 32.2. The normalized spacial score (nSPS) is 21.6. The van der Waals surface area contributed by atoms with Gasteiger partial charge in [0.25, 0.3) is 0 Å². The van der Waals surface area contributed by atoms with E-state index in [-0.39, 0.29) is 6.61 Å². The number of aryl methyl sites for hydroxylation is 1. The molecule has 0 saturated heterocycles. The maximum absolute atomic E-state index is 10.9. The van der Waals surface area contributed by atoms with Crippen LogP contribution in [0.5, 0.6) is 5.75 Å².